The fourth-order valence-corrected chi connectivity index (χ4v) is 1.56. The molecular weight excluding hydrogens is 214 g/mol. The number of H-pyrrole nitrogens is 1. The first kappa shape index (κ1) is 10.1. The fraction of sp³-hybridized carbons (Fsp3) is 0.200. The molecule has 0 fully saturated rings. The van der Waals surface area contributed by atoms with Crippen LogP contribution in [-0.2, 0) is 0 Å². The lowest BCUT2D eigenvalue weighted by atomic mass is 10.2. The zero-order valence-corrected chi connectivity index (χ0v) is 8.71. The Morgan fingerprint density at radius 1 is 1.53 bits per heavy atom. The van der Waals surface area contributed by atoms with Gasteiger partial charge in [-0.2, -0.15) is 0 Å². The standard InChI is InChI=1S/C10H10ClN3O/c11-6-3-8-7(13-5-6)4-9(14-8)10(15)1-2-12/h3-5,14H,1-2,12H2. The topological polar surface area (TPSA) is 71.8 Å². The number of Topliss-reactive ketones (excluding diaryl/α,β-unsaturated/α-hetero) is 1. The second-order valence-corrected chi connectivity index (χ2v) is 3.67. The van der Waals surface area contributed by atoms with E-state index in [1.54, 1.807) is 18.3 Å². The Morgan fingerprint density at radius 3 is 3.07 bits per heavy atom. The van der Waals surface area contributed by atoms with Crippen LogP contribution in [0.15, 0.2) is 18.3 Å². The number of carbonyl (C=O) groups excluding carboxylic acids is 1. The molecule has 3 N–H and O–H groups in total. The lowest BCUT2D eigenvalue weighted by Gasteiger charge is -1.92. The molecule has 0 aliphatic rings. The van der Waals surface area contributed by atoms with Gasteiger partial charge in [0.15, 0.2) is 5.78 Å². The van der Waals surface area contributed by atoms with E-state index >= 15 is 0 Å². The van der Waals surface area contributed by atoms with E-state index in [1.807, 2.05) is 0 Å². The SMILES string of the molecule is NCCC(=O)c1cc2ncc(Cl)cc2[nH]1. The lowest BCUT2D eigenvalue weighted by Crippen LogP contribution is -2.08. The van der Waals surface area contributed by atoms with Crippen molar-refractivity contribution in [3.8, 4) is 0 Å². The van der Waals surface area contributed by atoms with Crippen LogP contribution in [0.25, 0.3) is 11.0 Å². The van der Waals surface area contributed by atoms with Crippen LogP contribution in [0.2, 0.25) is 5.02 Å². The van der Waals surface area contributed by atoms with Gasteiger partial charge >= 0.3 is 0 Å². The third kappa shape index (κ3) is 2.00. The van der Waals surface area contributed by atoms with Crippen LogP contribution < -0.4 is 5.73 Å². The molecule has 4 nitrogen and oxygen atoms in total. The minimum Gasteiger partial charge on any atom is -0.351 e. The zero-order valence-electron chi connectivity index (χ0n) is 7.96. The molecule has 0 saturated carbocycles. The van der Waals surface area contributed by atoms with Crippen molar-refractivity contribution in [3.63, 3.8) is 0 Å². The zero-order chi connectivity index (χ0) is 10.8. The Hall–Kier alpha value is -1.39. The highest BCUT2D eigenvalue weighted by molar-refractivity contribution is 6.31. The van der Waals surface area contributed by atoms with E-state index < -0.39 is 0 Å². The fourth-order valence-electron chi connectivity index (χ4n) is 1.40. The average molecular weight is 224 g/mol. The third-order valence-corrected chi connectivity index (χ3v) is 2.31. The molecular formula is C10H10ClN3O. The van der Waals surface area contributed by atoms with Gasteiger partial charge in [0.25, 0.3) is 0 Å². The van der Waals surface area contributed by atoms with Crippen molar-refractivity contribution in [1.29, 1.82) is 0 Å². The van der Waals surface area contributed by atoms with Crippen LogP contribution in [0.4, 0.5) is 0 Å². The molecule has 0 aromatic carbocycles. The summed E-state index contributed by atoms with van der Waals surface area (Å²) in [7, 11) is 0. The molecule has 2 aromatic heterocycles. The van der Waals surface area contributed by atoms with Crippen molar-refractivity contribution >= 4 is 28.4 Å². The average Bonchev–Trinajstić information content (AvgIpc) is 2.60. The van der Waals surface area contributed by atoms with Gasteiger partial charge in [0.05, 0.1) is 21.7 Å². The van der Waals surface area contributed by atoms with Crippen molar-refractivity contribution in [2.45, 2.75) is 6.42 Å². The highest BCUT2D eigenvalue weighted by atomic mass is 35.5. The number of nitrogens with one attached hydrogen (secondary N) is 1. The molecule has 2 rings (SSSR count). The van der Waals surface area contributed by atoms with Crippen molar-refractivity contribution in [3.05, 3.63) is 29.0 Å². The van der Waals surface area contributed by atoms with Gasteiger partial charge in [0.2, 0.25) is 0 Å². The number of aromatic nitrogens is 2. The number of fused-ring (bicyclic) bond motifs is 1. The maximum Gasteiger partial charge on any atom is 0.180 e. The summed E-state index contributed by atoms with van der Waals surface area (Å²) in [6.45, 7) is 0.350. The molecule has 0 saturated heterocycles. The first-order valence-electron chi connectivity index (χ1n) is 4.58. The molecule has 5 heteroatoms. The quantitative estimate of drug-likeness (QED) is 0.779. The Morgan fingerprint density at radius 2 is 2.33 bits per heavy atom. The molecule has 2 heterocycles. The summed E-state index contributed by atoms with van der Waals surface area (Å²) in [5.41, 5.74) is 7.35. The second kappa shape index (κ2) is 4.00. The van der Waals surface area contributed by atoms with Crippen LogP contribution >= 0.6 is 11.6 Å². The van der Waals surface area contributed by atoms with E-state index in [1.165, 1.54) is 0 Å². The summed E-state index contributed by atoms with van der Waals surface area (Å²) in [6, 6.07) is 3.45. The lowest BCUT2D eigenvalue weighted by molar-refractivity contribution is 0.0981. The summed E-state index contributed by atoms with van der Waals surface area (Å²) in [6.07, 6.45) is 1.88. The Labute approximate surface area is 91.4 Å². The number of pyridine rings is 1. The van der Waals surface area contributed by atoms with Gasteiger partial charge in [-0.1, -0.05) is 11.6 Å². The molecule has 0 unspecified atom stereocenters. The van der Waals surface area contributed by atoms with E-state index in [-0.39, 0.29) is 5.78 Å². The predicted molar refractivity (Wildman–Crippen MR) is 59.1 cm³/mol. The van der Waals surface area contributed by atoms with Gasteiger partial charge in [-0.3, -0.25) is 9.78 Å². The Bertz CT molecular complexity index is 506. The minimum absolute atomic E-state index is 0.00776. The van der Waals surface area contributed by atoms with Gasteiger partial charge < -0.3 is 10.7 Å². The van der Waals surface area contributed by atoms with E-state index in [4.69, 9.17) is 17.3 Å². The smallest absolute Gasteiger partial charge is 0.180 e. The minimum atomic E-state index is -0.00776. The molecule has 0 aliphatic heterocycles. The molecule has 0 bridgehead atoms. The number of carbonyl (C=O) groups is 1. The first-order chi connectivity index (χ1) is 7.20. The molecule has 0 atom stereocenters. The van der Waals surface area contributed by atoms with Gasteiger partial charge in [0, 0.05) is 12.6 Å². The molecule has 0 spiro atoms. The second-order valence-electron chi connectivity index (χ2n) is 3.23. The van der Waals surface area contributed by atoms with Crippen molar-refractivity contribution in [2.75, 3.05) is 6.54 Å². The van der Waals surface area contributed by atoms with Gasteiger partial charge in [-0.05, 0) is 18.7 Å². The van der Waals surface area contributed by atoms with Crippen LogP contribution in [0, 0.1) is 0 Å². The molecule has 0 aliphatic carbocycles. The number of aromatic amines is 1. The predicted octanol–water partition coefficient (Wildman–Crippen LogP) is 1.75. The Balaban J connectivity index is 2.42. The van der Waals surface area contributed by atoms with E-state index in [9.17, 15) is 4.79 Å². The number of hydrogen-bond donors (Lipinski definition) is 2. The maximum absolute atomic E-state index is 11.5. The molecule has 15 heavy (non-hydrogen) atoms. The van der Waals surface area contributed by atoms with Gasteiger partial charge in [-0.25, -0.2) is 0 Å². The third-order valence-electron chi connectivity index (χ3n) is 2.11. The summed E-state index contributed by atoms with van der Waals surface area (Å²) in [4.78, 5) is 18.6. The van der Waals surface area contributed by atoms with E-state index in [0.29, 0.717) is 23.7 Å². The van der Waals surface area contributed by atoms with Gasteiger partial charge in [0.1, 0.15) is 0 Å². The summed E-state index contributed by atoms with van der Waals surface area (Å²) in [5, 5.41) is 0.544. The normalized spacial score (nSPS) is 10.8. The van der Waals surface area contributed by atoms with Gasteiger partial charge in [-0.15, -0.1) is 0 Å². The van der Waals surface area contributed by atoms with Crippen molar-refractivity contribution in [1.82, 2.24) is 9.97 Å². The van der Waals surface area contributed by atoms with Crippen molar-refractivity contribution < 1.29 is 4.79 Å². The van der Waals surface area contributed by atoms with Crippen LogP contribution in [-0.4, -0.2) is 22.3 Å². The number of halogens is 1. The monoisotopic (exact) mass is 223 g/mol. The Kier molecular flexibility index (Phi) is 2.70. The number of rotatable bonds is 3. The molecule has 0 amide bonds. The molecule has 0 radical (unpaired) electrons. The van der Waals surface area contributed by atoms with Crippen LogP contribution in [0.5, 0.6) is 0 Å². The molecule has 78 valence electrons. The highest BCUT2D eigenvalue weighted by Crippen LogP contribution is 2.17. The molecule has 2 aromatic rings. The van der Waals surface area contributed by atoms with Crippen LogP contribution in [0.1, 0.15) is 16.9 Å². The summed E-state index contributed by atoms with van der Waals surface area (Å²) < 4.78 is 0. The van der Waals surface area contributed by atoms with E-state index in [2.05, 4.69) is 9.97 Å². The van der Waals surface area contributed by atoms with E-state index in [0.717, 1.165) is 11.0 Å². The largest absolute Gasteiger partial charge is 0.351 e. The summed E-state index contributed by atoms with van der Waals surface area (Å²) >= 11 is 5.78. The highest BCUT2D eigenvalue weighted by Gasteiger charge is 2.09. The number of ketones is 1. The van der Waals surface area contributed by atoms with Crippen LogP contribution in [0.3, 0.4) is 0 Å². The number of nitrogens with two attached hydrogens (primary N) is 1. The number of hydrogen-bond acceptors (Lipinski definition) is 3. The first-order valence-corrected chi connectivity index (χ1v) is 4.96. The summed E-state index contributed by atoms with van der Waals surface area (Å²) in [5.74, 6) is -0.00776. The van der Waals surface area contributed by atoms with Crippen molar-refractivity contribution in [2.24, 2.45) is 5.73 Å². The maximum atomic E-state index is 11.5. The number of nitrogens with zero attached hydrogens (tertiary/aromatic N) is 1.